The molecule has 0 atom stereocenters. The van der Waals surface area contributed by atoms with Crippen molar-refractivity contribution in [1.29, 1.82) is 0 Å². The van der Waals surface area contributed by atoms with Crippen molar-refractivity contribution in [2.24, 2.45) is 0 Å². The highest BCUT2D eigenvalue weighted by atomic mass is 32.1. The van der Waals surface area contributed by atoms with Crippen LogP contribution in [0.25, 0.3) is 21.9 Å². The zero-order valence-corrected chi connectivity index (χ0v) is 12.6. The lowest BCUT2D eigenvalue weighted by Crippen LogP contribution is -2.43. The van der Waals surface area contributed by atoms with Crippen LogP contribution in [0.3, 0.4) is 0 Å². The summed E-state index contributed by atoms with van der Waals surface area (Å²) in [6, 6.07) is 8.88. The number of fused-ring (bicyclic) bond motifs is 1. The Morgan fingerprint density at radius 1 is 1.10 bits per heavy atom. The summed E-state index contributed by atoms with van der Waals surface area (Å²) in [4.78, 5) is 6.79. The van der Waals surface area contributed by atoms with Crippen LogP contribution in [0.1, 0.15) is 0 Å². The predicted octanol–water partition coefficient (Wildman–Crippen LogP) is 3.37. The van der Waals surface area contributed by atoms with Crippen LogP contribution in [0.4, 0.5) is 5.69 Å². The zero-order valence-electron chi connectivity index (χ0n) is 11.7. The molecule has 0 spiro atoms. The molecular formula is C17H17N3S. The number of aromatic nitrogens is 1. The van der Waals surface area contributed by atoms with E-state index in [1.54, 1.807) is 11.3 Å². The quantitative estimate of drug-likeness (QED) is 0.785. The average molecular weight is 295 g/mol. The first-order chi connectivity index (χ1) is 10.4. The van der Waals surface area contributed by atoms with E-state index in [0.29, 0.717) is 0 Å². The molecule has 1 fully saturated rings. The molecule has 1 aliphatic rings. The maximum atomic E-state index is 4.32. The molecule has 21 heavy (non-hydrogen) atoms. The fourth-order valence-corrected chi connectivity index (χ4v) is 3.61. The van der Waals surface area contributed by atoms with E-state index < -0.39 is 0 Å². The predicted molar refractivity (Wildman–Crippen MR) is 90.1 cm³/mol. The van der Waals surface area contributed by atoms with Crippen LogP contribution >= 0.6 is 11.3 Å². The summed E-state index contributed by atoms with van der Waals surface area (Å²) in [5.74, 6) is 0. The normalized spacial score (nSPS) is 15.5. The molecule has 1 aliphatic heterocycles. The van der Waals surface area contributed by atoms with E-state index in [1.807, 2.05) is 12.4 Å². The van der Waals surface area contributed by atoms with Gasteiger partial charge in [0, 0.05) is 49.6 Å². The lowest BCUT2D eigenvalue weighted by Gasteiger charge is -2.30. The Hall–Kier alpha value is -1.91. The maximum Gasteiger partial charge on any atom is 0.0468 e. The molecule has 0 aliphatic carbocycles. The van der Waals surface area contributed by atoms with E-state index in [2.05, 4.69) is 50.2 Å². The highest BCUT2D eigenvalue weighted by Gasteiger charge is 2.15. The Bertz CT molecular complexity index is 746. The second-order valence-electron chi connectivity index (χ2n) is 5.34. The Kier molecular flexibility index (Phi) is 3.33. The molecule has 3 nitrogen and oxygen atoms in total. The van der Waals surface area contributed by atoms with E-state index in [9.17, 15) is 0 Å². The van der Waals surface area contributed by atoms with Crippen LogP contribution in [-0.2, 0) is 0 Å². The third-order valence-corrected chi connectivity index (χ3v) is 4.73. The summed E-state index contributed by atoms with van der Waals surface area (Å²) >= 11 is 1.75. The molecule has 1 saturated heterocycles. The van der Waals surface area contributed by atoms with Crippen molar-refractivity contribution in [3.8, 4) is 11.1 Å². The lowest BCUT2D eigenvalue weighted by atomic mass is 10.0. The highest BCUT2D eigenvalue weighted by Crippen LogP contribution is 2.33. The van der Waals surface area contributed by atoms with Crippen LogP contribution in [0.2, 0.25) is 0 Å². The number of nitrogens with zero attached hydrogens (tertiary/aromatic N) is 2. The summed E-state index contributed by atoms with van der Waals surface area (Å²) in [5.41, 5.74) is 3.90. The van der Waals surface area contributed by atoms with Gasteiger partial charge >= 0.3 is 0 Å². The third-order valence-electron chi connectivity index (χ3n) is 4.05. The van der Waals surface area contributed by atoms with Crippen LogP contribution in [-0.4, -0.2) is 31.2 Å². The number of pyridine rings is 1. The summed E-state index contributed by atoms with van der Waals surface area (Å²) in [6.45, 7) is 4.20. The summed E-state index contributed by atoms with van der Waals surface area (Å²) < 4.78 is 0. The summed E-state index contributed by atoms with van der Waals surface area (Å²) in [6.07, 6.45) is 3.87. The molecule has 0 radical (unpaired) electrons. The second kappa shape index (κ2) is 5.47. The van der Waals surface area contributed by atoms with Gasteiger partial charge in [-0.1, -0.05) is 0 Å². The zero-order chi connectivity index (χ0) is 14.1. The fraction of sp³-hybridized carbons (Fsp3) is 0.235. The van der Waals surface area contributed by atoms with Crippen LogP contribution in [0.15, 0.2) is 47.4 Å². The number of hydrogen-bond acceptors (Lipinski definition) is 4. The Morgan fingerprint density at radius 2 is 2.00 bits per heavy atom. The molecule has 2 aromatic heterocycles. The minimum absolute atomic E-state index is 1.05. The molecule has 1 N–H and O–H groups in total. The van der Waals surface area contributed by atoms with Gasteiger partial charge in [-0.3, -0.25) is 4.98 Å². The van der Waals surface area contributed by atoms with E-state index in [-0.39, 0.29) is 0 Å². The molecule has 1 aromatic carbocycles. The van der Waals surface area contributed by atoms with E-state index >= 15 is 0 Å². The SMILES string of the molecule is c1cc2cc(-c3ccsc3)cc(N3CCNCC3)c2cn1. The number of benzene rings is 1. The molecule has 3 heterocycles. The monoisotopic (exact) mass is 295 g/mol. The lowest BCUT2D eigenvalue weighted by molar-refractivity contribution is 0.590. The summed E-state index contributed by atoms with van der Waals surface area (Å²) in [7, 11) is 0. The smallest absolute Gasteiger partial charge is 0.0468 e. The van der Waals surface area contributed by atoms with Gasteiger partial charge in [-0.05, 0) is 51.5 Å². The van der Waals surface area contributed by atoms with Crippen molar-refractivity contribution in [2.75, 3.05) is 31.1 Å². The number of nitrogens with one attached hydrogen (secondary N) is 1. The number of hydrogen-bond donors (Lipinski definition) is 1. The van der Waals surface area contributed by atoms with Crippen molar-refractivity contribution in [1.82, 2.24) is 10.3 Å². The molecule has 3 aromatic rings. The molecule has 0 bridgehead atoms. The van der Waals surface area contributed by atoms with Gasteiger partial charge in [0.2, 0.25) is 0 Å². The van der Waals surface area contributed by atoms with Gasteiger partial charge in [-0.25, -0.2) is 0 Å². The van der Waals surface area contributed by atoms with Gasteiger partial charge in [0.15, 0.2) is 0 Å². The molecule has 0 saturated carbocycles. The number of rotatable bonds is 2. The standard InChI is InChI=1S/C17H17N3S/c1-3-19-11-16-13(1)9-15(14-2-8-21-12-14)10-17(16)20-6-4-18-5-7-20/h1-3,8-12,18H,4-7H2. The highest BCUT2D eigenvalue weighted by molar-refractivity contribution is 7.08. The van der Waals surface area contributed by atoms with E-state index in [1.165, 1.54) is 27.6 Å². The first-order valence-corrected chi connectivity index (χ1v) is 8.22. The van der Waals surface area contributed by atoms with Crippen molar-refractivity contribution >= 4 is 27.8 Å². The van der Waals surface area contributed by atoms with Crippen molar-refractivity contribution < 1.29 is 0 Å². The van der Waals surface area contributed by atoms with Gasteiger partial charge in [0.1, 0.15) is 0 Å². The van der Waals surface area contributed by atoms with Crippen molar-refractivity contribution in [3.05, 3.63) is 47.4 Å². The first-order valence-electron chi connectivity index (χ1n) is 7.28. The van der Waals surface area contributed by atoms with Crippen molar-refractivity contribution in [2.45, 2.75) is 0 Å². The van der Waals surface area contributed by atoms with Gasteiger partial charge in [-0.2, -0.15) is 11.3 Å². The number of piperazine rings is 1. The maximum absolute atomic E-state index is 4.32. The van der Waals surface area contributed by atoms with Gasteiger partial charge in [0.05, 0.1) is 0 Å². The van der Waals surface area contributed by atoms with Crippen LogP contribution in [0, 0.1) is 0 Å². The molecule has 4 rings (SSSR count). The topological polar surface area (TPSA) is 28.2 Å². The Morgan fingerprint density at radius 3 is 2.81 bits per heavy atom. The van der Waals surface area contributed by atoms with Gasteiger partial charge < -0.3 is 10.2 Å². The number of thiophene rings is 1. The molecular weight excluding hydrogens is 278 g/mol. The minimum atomic E-state index is 1.05. The molecule has 0 unspecified atom stereocenters. The number of anilines is 1. The van der Waals surface area contributed by atoms with Crippen molar-refractivity contribution in [3.63, 3.8) is 0 Å². The Labute approximate surface area is 128 Å². The third kappa shape index (κ3) is 2.41. The Balaban J connectivity index is 1.90. The van der Waals surface area contributed by atoms with E-state index in [0.717, 1.165) is 26.2 Å². The van der Waals surface area contributed by atoms with Crippen LogP contribution in [0.5, 0.6) is 0 Å². The van der Waals surface area contributed by atoms with Gasteiger partial charge in [-0.15, -0.1) is 0 Å². The molecule has 0 amide bonds. The largest absolute Gasteiger partial charge is 0.368 e. The average Bonchev–Trinajstić information content (AvgIpc) is 3.09. The van der Waals surface area contributed by atoms with Crippen LogP contribution < -0.4 is 10.2 Å². The first kappa shape index (κ1) is 12.8. The molecule has 4 heteroatoms. The minimum Gasteiger partial charge on any atom is -0.368 e. The second-order valence-corrected chi connectivity index (χ2v) is 6.12. The van der Waals surface area contributed by atoms with Gasteiger partial charge in [0.25, 0.3) is 0 Å². The van der Waals surface area contributed by atoms with E-state index in [4.69, 9.17) is 0 Å². The fourth-order valence-electron chi connectivity index (χ4n) is 2.94. The molecule has 106 valence electrons. The summed E-state index contributed by atoms with van der Waals surface area (Å²) in [5, 5.41) is 10.3.